The number of hydrogen-bond donors (Lipinski definition) is 2. The van der Waals surface area contributed by atoms with E-state index in [1.54, 1.807) is 6.07 Å². The van der Waals surface area contributed by atoms with Crippen LogP contribution in [0.2, 0.25) is 0 Å². The van der Waals surface area contributed by atoms with Gasteiger partial charge < -0.3 is 15.8 Å². The van der Waals surface area contributed by atoms with Crippen LogP contribution in [0.5, 0.6) is 0 Å². The number of nitrogens with one attached hydrogen (secondary N) is 1. The normalized spacial score (nSPS) is 19.8. The van der Waals surface area contributed by atoms with E-state index in [4.69, 9.17) is 10.5 Å². The average Bonchev–Trinajstić information content (AvgIpc) is 2.91. The summed E-state index contributed by atoms with van der Waals surface area (Å²) in [7, 11) is -1.18. The lowest BCUT2D eigenvalue weighted by Crippen LogP contribution is -2.25. The number of anilines is 1. The molecule has 110 valence electrons. The number of carbonyl (C=O) groups excluding carboxylic acids is 1. The fraction of sp³-hybridized carbons (Fsp3) is 0.500. The van der Waals surface area contributed by atoms with E-state index in [9.17, 15) is 9.00 Å². The monoisotopic (exact) mass is 296 g/mol. The molecule has 1 aliphatic rings. The van der Waals surface area contributed by atoms with E-state index in [1.807, 2.05) is 18.2 Å². The van der Waals surface area contributed by atoms with Crippen LogP contribution in [-0.2, 0) is 26.9 Å². The Morgan fingerprint density at radius 2 is 2.35 bits per heavy atom. The molecule has 0 bridgehead atoms. The molecule has 0 radical (unpaired) electrons. The maximum atomic E-state index is 11.9. The molecule has 1 aromatic carbocycles. The van der Waals surface area contributed by atoms with Crippen molar-refractivity contribution in [2.45, 2.75) is 25.5 Å². The predicted octanol–water partition coefficient (Wildman–Crippen LogP) is 1.01. The molecule has 20 heavy (non-hydrogen) atoms. The fourth-order valence-corrected chi connectivity index (χ4v) is 3.32. The second-order valence-electron chi connectivity index (χ2n) is 4.84. The van der Waals surface area contributed by atoms with Gasteiger partial charge in [-0.15, -0.1) is 0 Å². The number of benzene rings is 1. The summed E-state index contributed by atoms with van der Waals surface area (Å²) in [6, 6.07) is 7.34. The molecule has 2 unspecified atom stereocenters. The molecule has 1 saturated heterocycles. The number of rotatable bonds is 6. The van der Waals surface area contributed by atoms with Crippen molar-refractivity contribution in [2.24, 2.45) is 5.73 Å². The van der Waals surface area contributed by atoms with Gasteiger partial charge >= 0.3 is 0 Å². The first-order valence-electron chi connectivity index (χ1n) is 6.73. The van der Waals surface area contributed by atoms with Crippen LogP contribution in [0.3, 0.4) is 0 Å². The Kier molecular flexibility index (Phi) is 5.70. The smallest absolute Gasteiger partial charge is 0.236 e. The van der Waals surface area contributed by atoms with Crippen molar-refractivity contribution >= 4 is 22.4 Å². The summed E-state index contributed by atoms with van der Waals surface area (Å²) in [5.74, 6) is 0.207. The van der Waals surface area contributed by atoms with Gasteiger partial charge in [-0.25, -0.2) is 0 Å². The lowest BCUT2D eigenvalue weighted by atomic mass is 10.2. The second kappa shape index (κ2) is 7.52. The summed E-state index contributed by atoms with van der Waals surface area (Å²) in [5.41, 5.74) is 7.18. The third-order valence-corrected chi connectivity index (χ3v) is 4.46. The second-order valence-corrected chi connectivity index (χ2v) is 6.34. The fourth-order valence-electron chi connectivity index (χ4n) is 2.16. The molecule has 0 saturated carbocycles. The Labute approximate surface area is 121 Å². The highest BCUT2D eigenvalue weighted by Crippen LogP contribution is 2.13. The Morgan fingerprint density at radius 1 is 1.50 bits per heavy atom. The van der Waals surface area contributed by atoms with E-state index in [1.165, 1.54) is 0 Å². The summed E-state index contributed by atoms with van der Waals surface area (Å²) in [6.45, 7) is 1.16. The van der Waals surface area contributed by atoms with Gasteiger partial charge in [0.15, 0.2) is 0 Å². The maximum Gasteiger partial charge on any atom is 0.236 e. The molecule has 1 aliphatic heterocycles. The summed E-state index contributed by atoms with van der Waals surface area (Å²) < 4.78 is 17.3. The highest BCUT2D eigenvalue weighted by Gasteiger charge is 2.19. The maximum absolute atomic E-state index is 11.9. The van der Waals surface area contributed by atoms with E-state index in [2.05, 4.69) is 5.32 Å². The third-order valence-electron chi connectivity index (χ3n) is 3.13. The first-order valence-corrected chi connectivity index (χ1v) is 8.21. The summed E-state index contributed by atoms with van der Waals surface area (Å²) in [4.78, 5) is 11.8. The van der Waals surface area contributed by atoms with Crippen LogP contribution >= 0.6 is 0 Å². The largest absolute Gasteiger partial charge is 0.377 e. The van der Waals surface area contributed by atoms with E-state index in [0.717, 1.165) is 25.0 Å². The van der Waals surface area contributed by atoms with Gasteiger partial charge in [0, 0.05) is 29.6 Å². The summed E-state index contributed by atoms with van der Waals surface area (Å²) >= 11 is 0. The third kappa shape index (κ3) is 4.70. The molecular weight excluding hydrogens is 276 g/mol. The van der Waals surface area contributed by atoms with Gasteiger partial charge in [0.05, 0.1) is 11.9 Å². The van der Waals surface area contributed by atoms with Crippen molar-refractivity contribution in [1.82, 2.24) is 0 Å². The quantitative estimate of drug-likeness (QED) is 0.821. The van der Waals surface area contributed by atoms with Gasteiger partial charge in [-0.1, -0.05) is 12.1 Å². The van der Waals surface area contributed by atoms with Gasteiger partial charge in [0.25, 0.3) is 0 Å². The zero-order chi connectivity index (χ0) is 14.4. The SMILES string of the molecule is NCc1cccc(NC(=O)CS(=O)CC2CCCO2)c1. The minimum Gasteiger partial charge on any atom is -0.377 e. The Bertz CT molecular complexity index is 487. The van der Waals surface area contributed by atoms with Crippen molar-refractivity contribution in [1.29, 1.82) is 0 Å². The zero-order valence-corrected chi connectivity index (χ0v) is 12.2. The molecule has 1 amide bonds. The van der Waals surface area contributed by atoms with E-state index in [-0.39, 0.29) is 17.8 Å². The Morgan fingerprint density at radius 3 is 3.05 bits per heavy atom. The minimum atomic E-state index is -1.18. The number of ether oxygens (including phenoxy) is 1. The van der Waals surface area contributed by atoms with Crippen molar-refractivity contribution in [3.63, 3.8) is 0 Å². The molecule has 6 heteroatoms. The summed E-state index contributed by atoms with van der Waals surface area (Å²) in [5, 5.41) is 2.74. The van der Waals surface area contributed by atoms with Crippen LogP contribution in [0.4, 0.5) is 5.69 Å². The Hall–Kier alpha value is -1.24. The molecule has 0 spiro atoms. The highest BCUT2D eigenvalue weighted by molar-refractivity contribution is 7.85. The van der Waals surface area contributed by atoms with Gasteiger partial charge in [-0.2, -0.15) is 0 Å². The van der Waals surface area contributed by atoms with Crippen LogP contribution in [0.25, 0.3) is 0 Å². The summed E-state index contributed by atoms with van der Waals surface area (Å²) in [6.07, 6.45) is 2.00. The highest BCUT2D eigenvalue weighted by atomic mass is 32.2. The minimum absolute atomic E-state index is 0.00666. The lowest BCUT2D eigenvalue weighted by molar-refractivity contribution is -0.113. The average molecular weight is 296 g/mol. The predicted molar refractivity (Wildman–Crippen MR) is 79.8 cm³/mol. The molecule has 2 rings (SSSR count). The van der Waals surface area contributed by atoms with Crippen molar-refractivity contribution in [3.8, 4) is 0 Å². The van der Waals surface area contributed by atoms with Crippen LogP contribution < -0.4 is 11.1 Å². The zero-order valence-electron chi connectivity index (χ0n) is 11.3. The van der Waals surface area contributed by atoms with Gasteiger partial charge in [-0.3, -0.25) is 9.00 Å². The molecule has 0 aromatic heterocycles. The van der Waals surface area contributed by atoms with Crippen LogP contribution in [0.15, 0.2) is 24.3 Å². The van der Waals surface area contributed by atoms with E-state index < -0.39 is 10.8 Å². The van der Waals surface area contributed by atoms with Crippen molar-refractivity contribution in [3.05, 3.63) is 29.8 Å². The van der Waals surface area contributed by atoms with Crippen molar-refractivity contribution in [2.75, 3.05) is 23.4 Å². The standard InChI is InChI=1S/C14H20N2O3S/c15-8-11-3-1-4-12(7-11)16-14(17)10-20(18)9-13-5-2-6-19-13/h1,3-4,7,13H,2,5-6,8-10,15H2,(H,16,17). The van der Waals surface area contributed by atoms with Gasteiger partial charge in [0.2, 0.25) is 5.91 Å². The van der Waals surface area contributed by atoms with E-state index >= 15 is 0 Å². The molecule has 3 N–H and O–H groups in total. The number of hydrogen-bond acceptors (Lipinski definition) is 4. The molecule has 1 aromatic rings. The molecule has 2 atom stereocenters. The molecule has 0 aliphatic carbocycles. The van der Waals surface area contributed by atoms with Gasteiger partial charge in [-0.05, 0) is 30.5 Å². The lowest BCUT2D eigenvalue weighted by Gasteiger charge is -2.09. The van der Waals surface area contributed by atoms with Crippen molar-refractivity contribution < 1.29 is 13.7 Å². The van der Waals surface area contributed by atoms with E-state index in [0.29, 0.717) is 18.0 Å². The molecular formula is C14H20N2O3S. The first-order chi connectivity index (χ1) is 9.67. The first kappa shape index (κ1) is 15.2. The Balaban J connectivity index is 1.80. The molecule has 5 nitrogen and oxygen atoms in total. The number of amides is 1. The van der Waals surface area contributed by atoms with Crippen LogP contribution in [-0.4, -0.2) is 34.3 Å². The van der Waals surface area contributed by atoms with Crippen LogP contribution in [0.1, 0.15) is 18.4 Å². The van der Waals surface area contributed by atoms with Gasteiger partial charge in [0.1, 0.15) is 5.75 Å². The number of nitrogens with two attached hydrogens (primary N) is 1. The molecule has 1 heterocycles. The topological polar surface area (TPSA) is 81.4 Å². The molecule has 1 fully saturated rings. The number of carbonyl (C=O) groups is 1. The van der Waals surface area contributed by atoms with Crippen LogP contribution in [0, 0.1) is 0 Å².